The maximum absolute atomic E-state index is 11.3. The number of aryl methyl sites for hydroxylation is 1. The standard InChI is InChI=1S/C14H16ClN5O2/c1-10-16-4-6-18(10)9-12-3-2-5-19(12)14-13(20(21)22)7-11(15)8-17-14/h4,6-8,12H,2-3,5,9H2,1H3/t12-/m0/s1. The first-order valence-corrected chi connectivity index (χ1v) is 7.48. The predicted molar refractivity (Wildman–Crippen MR) is 83.2 cm³/mol. The second-order valence-electron chi connectivity index (χ2n) is 5.37. The lowest BCUT2D eigenvalue weighted by atomic mass is 10.2. The first-order valence-electron chi connectivity index (χ1n) is 7.10. The molecule has 3 rings (SSSR count). The molecule has 7 nitrogen and oxygen atoms in total. The van der Waals surface area contributed by atoms with Crippen molar-refractivity contribution in [3.8, 4) is 0 Å². The Bertz CT molecular complexity index is 702. The molecular formula is C14H16ClN5O2. The molecule has 3 heterocycles. The van der Waals surface area contributed by atoms with E-state index in [1.54, 1.807) is 6.20 Å². The van der Waals surface area contributed by atoms with Gasteiger partial charge in [-0.1, -0.05) is 11.6 Å². The van der Waals surface area contributed by atoms with Gasteiger partial charge in [0.15, 0.2) is 0 Å². The fourth-order valence-corrected chi connectivity index (χ4v) is 3.06. The highest BCUT2D eigenvalue weighted by Gasteiger charge is 2.31. The number of hydrogen-bond donors (Lipinski definition) is 0. The first-order chi connectivity index (χ1) is 10.6. The fraction of sp³-hybridized carbons (Fsp3) is 0.429. The summed E-state index contributed by atoms with van der Waals surface area (Å²) < 4.78 is 2.06. The average molecular weight is 322 g/mol. The number of halogens is 1. The number of rotatable bonds is 4. The third kappa shape index (κ3) is 2.76. The van der Waals surface area contributed by atoms with Gasteiger partial charge in [-0.15, -0.1) is 0 Å². The molecule has 1 fully saturated rings. The lowest BCUT2D eigenvalue weighted by molar-refractivity contribution is -0.384. The second kappa shape index (κ2) is 5.92. The average Bonchev–Trinajstić information content (AvgIpc) is 3.09. The van der Waals surface area contributed by atoms with Gasteiger partial charge in [-0.25, -0.2) is 9.97 Å². The van der Waals surface area contributed by atoms with E-state index in [0.717, 1.165) is 31.8 Å². The largest absolute Gasteiger partial charge is 0.346 e. The Hall–Kier alpha value is -2.15. The van der Waals surface area contributed by atoms with Crippen molar-refractivity contribution in [2.75, 3.05) is 11.4 Å². The Morgan fingerprint density at radius 2 is 2.32 bits per heavy atom. The van der Waals surface area contributed by atoms with Gasteiger partial charge in [0.05, 0.1) is 9.95 Å². The molecule has 0 amide bonds. The zero-order chi connectivity index (χ0) is 15.7. The van der Waals surface area contributed by atoms with Crippen molar-refractivity contribution >= 4 is 23.1 Å². The molecule has 1 aliphatic heterocycles. The van der Waals surface area contributed by atoms with Crippen LogP contribution in [-0.2, 0) is 6.54 Å². The fourth-order valence-electron chi connectivity index (χ4n) is 2.91. The Labute approximate surface area is 132 Å². The van der Waals surface area contributed by atoms with Crippen molar-refractivity contribution in [1.29, 1.82) is 0 Å². The predicted octanol–water partition coefficient (Wildman–Crippen LogP) is 2.82. The summed E-state index contributed by atoms with van der Waals surface area (Å²) in [6.07, 6.45) is 7.10. The molecule has 0 aliphatic carbocycles. The number of aromatic nitrogens is 3. The molecule has 1 saturated heterocycles. The molecule has 22 heavy (non-hydrogen) atoms. The van der Waals surface area contributed by atoms with E-state index in [9.17, 15) is 10.1 Å². The Morgan fingerprint density at radius 1 is 1.50 bits per heavy atom. The van der Waals surface area contributed by atoms with Gasteiger partial charge >= 0.3 is 5.69 Å². The van der Waals surface area contributed by atoms with E-state index in [1.165, 1.54) is 12.3 Å². The molecule has 0 N–H and O–H groups in total. The van der Waals surface area contributed by atoms with Crippen molar-refractivity contribution < 1.29 is 4.92 Å². The topological polar surface area (TPSA) is 77.1 Å². The third-order valence-corrected chi connectivity index (χ3v) is 4.20. The molecule has 0 bridgehead atoms. The van der Waals surface area contributed by atoms with E-state index in [1.807, 2.05) is 18.0 Å². The van der Waals surface area contributed by atoms with Crippen molar-refractivity contribution in [1.82, 2.24) is 14.5 Å². The van der Waals surface area contributed by atoms with Crippen LogP contribution in [0.1, 0.15) is 18.7 Å². The SMILES string of the molecule is Cc1nccn1C[C@@H]1CCCN1c1ncc(Cl)cc1[N+](=O)[O-]. The van der Waals surface area contributed by atoms with Crippen LogP contribution in [0.15, 0.2) is 24.7 Å². The number of anilines is 1. The lowest BCUT2D eigenvalue weighted by Crippen LogP contribution is -2.34. The van der Waals surface area contributed by atoms with Crippen LogP contribution in [0.5, 0.6) is 0 Å². The summed E-state index contributed by atoms with van der Waals surface area (Å²) in [5.74, 6) is 1.33. The summed E-state index contributed by atoms with van der Waals surface area (Å²) >= 11 is 5.84. The molecule has 1 aliphatic rings. The van der Waals surface area contributed by atoms with Crippen LogP contribution in [0.3, 0.4) is 0 Å². The molecule has 0 radical (unpaired) electrons. The minimum absolute atomic E-state index is 0.0400. The van der Waals surface area contributed by atoms with E-state index >= 15 is 0 Å². The minimum atomic E-state index is -0.425. The van der Waals surface area contributed by atoms with Crippen molar-refractivity contribution in [2.24, 2.45) is 0 Å². The molecule has 1 atom stereocenters. The zero-order valence-corrected chi connectivity index (χ0v) is 12.9. The first kappa shape index (κ1) is 14.8. The van der Waals surface area contributed by atoms with Crippen LogP contribution in [0.25, 0.3) is 0 Å². The van der Waals surface area contributed by atoms with Crippen LogP contribution in [0, 0.1) is 17.0 Å². The maximum atomic E-state index is 11.3. The van der Waals surface area contributed by atoms with E-state index in [4.69, 9.17) is 11.6 Å². The van der Waals surface area contributed by atoms with Crippen LogP contribution in [0.4, 0.5) is 11.5 Å². The van der Waals surface area contributed by atoms with Gasteiger partial charge in [-0.05, 0) is 19.8 Å². The molecule has 0 spiro atoms. The van der Waals surface area contributed by atoms with E-state index in [2.05, 4.69) is 14.5 Å². The van der Waals surface area contributed by atoms with E-state index in [-0.39, 0.29) is 16.8 Å². The highest BCUT2D eigenvalue weighted by Crippen LogP contribution is 2.33. The number of nitrogens with zero attached hydrogens (tertiary/aromatic N) is 5. The van der Waals surface area contributed by atoms with E-state index in [0.29, 0.717) is 5.82 Å². The smallest absolute Gasteiger partial charge is 0.313 e. The Balaban J connectivity index is 1.90. The van der Waals surface area contributed by atoms with Crippen LogP contribution < -0.4 is 4.90 Å². The van der Waals surface area contributed by atoms with Crippen LogP contribution in [-0.4, -0.2) is 32.0 Å². The molecular weight excluding hydrogens is 306 g/mol. The quantitative estimate of drug-likeness (QED) is 0.639. The number of pyridine rings is 1. The molecule has 0 unspecified atom stereocenters. The molecule has 2 aromatic rings. The summed E-state index contributed by atoms with van der Waals surface area (Å²) in [4.78, 5) is 21.3. The summed E-state index contributed by atoms with van der Waals surface area (Å²) in [7, 11) is 0. The summed E-state index contributed by atoms with van der Waals surface area (Å²) in [5.41, 5.74) is -0.0400. The van der Waals surface area contributed by atoms with E-state index < -0.39 is 4.92 Å². The number of imidazole rings is 1. The molecule has 116 valence electrons. The monoisotopic (exact) mass is 321 g/mol. The van der Waals surface area contributed by atoms with Gasteiger partial charge in [0.2, 0.25) is 5.82 Å². The number of hydrogen-bond acceptors (Lipinski definition) is 5. The maximum Gasteiger partial charge on any atom is 0.313 e. The highest BCUT2D eigenvalue weighted by atomic mass is 35.5. The van der Waals surface area contributed by atoms with Gasteiger partial charge in [-0.2, -0.15) is 0 Å². The normalized spacial score (nSPS) is 17.9. The van der Waals surface area contributed by atoms with Gasteiger partial charge < -0.3 is 9.47 Å². The third-order valence-electron chi connectivity index (χ3n) is 3.99. The summed E-state index contributed by atoms with van der Waals surface area (Å²) in [5, 5.41) is 11.5. The van der Waals surface area contributed by atoms with Gasteiger partial charge in [-0.3, -0.25) is 10.1 Å². The molecule has 2 aromatic heterocycles. The summed E-state index contributed by atoms with van der Waals surface area (Å²) in [6.45, 7) is 3.45. The van der Waals surface area contributed by atoms with Crippen LogP contribution >= 0.6 is 11.6 Å². The highest BCUT2D eigenvalue weighted by molar-refractivity contribution is 6.30. The minimum Gasteiger partial charge on any atom is -0.346 e. The molecule has 8 heteroatoms. The summed E-state index contributed by atoms with van der Waals surface area (Å²) in [6, 6.07) is 1.53. The Kier molecular flexibility index (Phi) is 3.98. The van der Waals surface area contributed by atoms with Gasteiger partial charge in [0.1, 0.15) is 5.82 Å². The van der Waals surface area contributed by atoms with Crippen molar-refractivity contribution in [3.63, 3.8) is 0 Å². The van der Waals surface area contributed by atoms with Gasteiger partial charge in [0, 0.05) is 43.8 Å². The van der Waals surface area contributed by atoms with Crippen molar-refractivity contribution in [2.45, 2.75) is 32.4 Å². The Morgan fingerprint density at radius 3 is 3.00 bits per heavy atom. The molecule has 0 aromatic carbocycles. The lowest BCUT2D eigenvalue weighted by Gasteiger charge is -2.26. The second-order valence-corrected chi connectivity index (χ2v) is 5.81. The number of nitro groups is 1. The molecule has 0 saturated carbocycles. The van der Waals surface area contributed by atoms with Crippen LogP contribution in [0.2, 0.25) is 5.02 Å². The zero-order valence-electron chi connectivity index (χ0n) is 12.1. The van der Waals surface area contributed by atoms with Crippen molar-refractivity contribution in [3.05, 3.63) is 45.6 Å². The van der Waals surface area contributed by atoms with Gasteiger partial charge in [0.25, 0.3) is 0 Å².